The summed E-state index contributed by atoms with van der Waals surface area (Å²) in [5.41, 5.74) is 1.61. The van der Waals surface area contributed by atoms with Crippen molar-refractivity contribution in [3.05, 3.63) is 24.0 Å². The van der Waals surface area contributed by atoms with Crippen molar-refractivity contribution in [2.75, 3.05) is 7.11 Å². The highest BCUT2D eigenvalue weighted by Crippen LogP contribution is 2.18. The van der Waals surface area contributed by atoms with E-state index in [-0.39, 0.29) is 25.3 Å². The van der Waals surface area contributed by atoms with Gasteiger partial charge in [0, 0.05) is 12.5 Å². The van der Waals surface area contributed by atoms with Gasteiger partial charge < -0.3 is 20.4 Å². The molecule has 4 amide bonds. The number of nitrogens with one attached hydrogen (secondary N) is 4. The summed E-state index contributed by atoms with van der Waals surface area (Å²) in [5, 5.41) is 7.31. The second kappa shape index (κ2) is 6.57. The van der Waals surface area contributed by atoms with Crippen LogP contribution >= 0.6 is 0 Å². The van der Waals surface area contributed by atoms with Crippen LogP contribution in [0.4, 0.5) is 4.79 Å². The second-order valence-corrected chi connectivity index (χ2v) is 5.40. The van der Waals surface area contributed by atoms with E-state index in [1.807, 2.05) is 18.2 Å². The van der Waals surface area contributed by atoms with Crippen molar-refractivity contribution in [1.82, 2.24) is 25.9 Å². The summed E-state index contributed by atoms with van der Waals surface area (Å²) >= 11 is 0. The van der Waals surface area contributed by atoms with Gasteiger partial charge in [0.2, 0.25) is 5.91 Å². The number of benzene rings is 1. The van der Waals surface area contributed by atoms with E-state index >= 15 is 0 Å². The zero-order valence-corrected chi connectivity index (χ0v) is 13.0. The Balaban J connectivity index is 1.51. The quantitative estimate of drug-likeness (QED) is 0.562. The maximum absolute atomic E-state index is 11.9. The van der Waals surface area contributed by atoms with Crippen molar-refractivity contribution in [3.63, 3.8) is 0 Å². The average Bonchev–Trinajstić information content (AvgIpc) is 3.12. The number of H-pyrrole nitrogens is 1. The maximum Gasteiger partial charge on any atom is 0.322 e. The number of ether oxygens (including phenoxy) is 1. The molecule has 0 bridgehead atoms. The highest BCUT2D eigenvalue weighted by atomic mass is 16.5. The van der Waals surface area contributed by atoms with E-state index in [1.165, 1.54) is 0 Å². The summed E-state index contributed by atoms with van der Waals surface area (Å²) in [7, 11) is 1.59. The molecule has 126 valence electrons. The highest BCUT2D eigenvalue weighted by molar-refractivity contribution is 6.04. The van der Waals surface area contributed by atoms with Crippen molar-refractivity contribution in [1.29, 1.82) is 0 Å². The Kier molecular flexibility index (Phi) is 4.32. The number of rotatable bonds is 6. The Bertz CT molecular complexity index is 800. The molecular weight excluding hydrogens is 314 g/mol. The lowest BCUT2D eigenvalue weighted by Crippen LogP contribution is -2.31. The molecule has 0 radical (unpaired) electrons. The first kappa shape index (κ1) is 15.8. The Morgan fingerprint density at radius 3 is 2.92 bits per heavy atom. The molecule has 1 atom stereocenters. The van der Waals surface area contributed by atoms with E-state index in [9.17, 15) is 14.4 Å². The van der Waals surface area contributed by atoms with Gasteiger partial charge in [-0.1, -0.05) is 0 Å². The topological polar surface area (TPSA) is 125 Å². The number of carbonyl (C=O) groups excluding carboxylic acids is 3. The average molecular weight is 331 g/mol. The van der Waals surface area contributed by atoms with Crippen molar-refractivity contribution < 1.29 is 19.1 Å². The summed E-state index contributed by atoms with van der Waals surface area (Å²) in [6.07, 6.45) is 0.382. The lowest BCUT2D eigenvalue weighted by molar-refractivity contribution is -0.122. The van der Waals surface area contributed by atoms with Crippen LogP contribution in [0.25, 0.3) is 11.0 Å². The van der Waals surface area contributed by atoms with Gasteiger partial charge >= 0.3 is 6.03 Å². The summed E-state index contributed by atoms with van der Waals surface area (Å²) in [4.78, 5) is 41.7. The van der Waals surface area contributed by atoms with E-state index in [0.29, 0.717) is 5.82 Å². The zero-order valence-electron chi connectivity index (χ0n) is 13.0. The molecule has 1 aromatic carbocycles. The van der Waals surface area contributed by atoms with E-state index in [2.05, 4.69) is 25.9 Å². The first-order valence-corrected chi connectivity index (χ1v) is 7.46. The molecule has 2 aromatic rings. The van der Waals surface area contributed by atoms with Crippen molar-refractivity contribution in [2.45, 2.75) is 25.4 Å². The number of carbonyl (C=O) groups is 3. The SMILES string of the molecule is COc1ccc2nc(CNC(=O)CC[C@H]3NC(=O)NC3=O)[nH]c2c1. The Morgan fingerprint density at radius 1 is 1.38 bits per heavy atom. The van der Waals surface area contributed by atoms with Crippen LogP contribution in [0, 0.1) is 0 Å². The van der Waals surface area contributed by atoms with Gasteiger partial charge in [-0.25, -0.2) is 9.78 Å². The van der Waals surface area contributed by atoms with Gasteiger partial charge in [-0.2, -0.15) is 0 Å². The first-order valence-electron chi connectivity index (χ1n) is 7.46. The van der Waals surface area contributed by atoms with Gasteiger partial charge in [0.1, 0.15) is 17.6 Å². The van der Waals surface area contributed by atoms with Crippen molar-refractivity contribution in [3.8, 4) is 5.75 Å². The number of hydrogen-bond donors (Lipinski definition) is 4. The number of imidazole rings is 1. The standard InChI is InChI=1S/C15H17N5O4/c1-24-8-2-3-9-11(6-8)18-12(17-9)7-16-13(21)5-4-10-14(22)20-15(23)19-10/h2-3,6,10H,4-5,7H2,1H3,(H,16,21)(H,17,18)(H2,19,20,22,23)/t10-/m1/s1. The number of amides is 4. The third-order valence-electron chi connectivity index (χ3n) is 3.71. The van der Waals surface area contributed by atoms with E-state index in [1.54, 1.807) is 7.11 Å². The predicted molar refractivity (Wildman–Crippen MR) is 84.2 cm³/mol. The number of imide groups is 1. The summed E-state index contributed by atoms with van der Waals surface area (Å²) < 4.78 is 5.15. The minimum atomic E-state index is -0.651. The maximum atomic E-state index is 11.9. The van der Waals surface area contributed by atoms with Gasteiger partial charge in [-0.05, 0) is 18.6 Å². The fourth-order valence-electron chi connectivity index (χ4n) is 2.46. The molecule has 0 spiro atoms. The number of hydrogen-bond acceptors (Lipinski definition) is 5. The summed E-state index contributed by atoms with van der Waals surface area (Å²) in [6, 6.07) is 4.30. The van der Waals surface area contributed by atoms with Crippen LogP contribution in [0.5, 0.6) is 5.75 Å². The summed E-state index contributed by atoms with van der Waals surface area (Å²) in [6.45, 7) is 0.249. The van der Waals surface area contributed by atoms with Crippen LogP contribution in [-0.2, 0) is 16.1 Å². The molecule has 1 aliphatic heterocycles. The molecule has 1 aromatic heterocycles. The lowest BCUT2D eigenvalue weighted by atomic mass is 10.1. The minimum absolute atomic E-state index is 0.131. The van der Waals surface area contributed by atoms with Crippen molar-refractivity contribution in [2.24, 2.45) is 0 Å². The highest BCUT2D eigenvalue weighted by Gasteiger charge is 2.29. The molecule has 3 rings (SSSR count). The number of aromatic amines is 1. The van der Waals surface area contributed by atoms with Gasteiger partial charge in [-0.15, -0.1) is 0 Å². The Morgan fingerprint density at radius 2 is 2.21 bits per heavy atom. The number of nitrogens with zero attached hydrogens (tertiary/aromatic N) is 1. The van der Waals surface area contributed by atoms with Crippen LogP contribution in [0.1, 0.15) is 18.7 Å². The van der Waals surface area contributed by atoms with Crippen molar-refractivity contribution >= 4 is 28.9 Å². The van der Waals surface area contributed by atoms with Crippen LogP contribution < -0.4 is 20.7 Å². The molecule has 1 saturated heterocycles. The van der Waals surface area contributed by atoms with Gasteiger partial charge in [0.05, 0.1) is 24.7 Å². The lowest BCUT2D eigenvalue weighted by Gasteiger charge is -2.07. The van der Waals surface area contributed by atoms with E-state index in [4.69, 9.17) is 4.74 Å². The monoisotopic (exact) mass is 331 g/mol. The van der Waals surface area contributed by atoms with Crippen LogP contribution in [0.2, 0.25) is 0 Å². The summed E-state index contributed by atoms with van der Waals surface area (Å²) in [5.74, 6) is 0.721. The fraction of sp³-hybridized carbons (Fsp3) is 0.333. The third kappa shape index (κ3) is 3.45. The number of methoxy groups -OCH3 is 1. The molecule has 1 fully saturated rings. The normalized spacial score (nSPS) is 16.8. The predicted octanol–water partition coefficient (Wildman–Crippen LogP) is 0.176. The smallest absolute Gasteiger partial charge is 0.322 e. The zero-order chi connectivity index (χ0) is 17.1. The third-order valence-corrected chi connectivity index (χ3v) is 3.71. The van der Waals surface area contributed by atoms with Crippen LogP contribution in [-0.4, -0.2) is 41.0 Å². The molecule has 2 heterocycles. The van der Waals surface area contributed by atoms with E-state index in [0.717, 1.165) is 16.8 Å². The fourth-order valence-corrected chi connectivity index (χ4v) is 2.46. The molecule has 9 nitrogen and oxygen atoms in total. The Hall–Kier alpha value is -3.10. The minimum Gasteiger partial charge on any atom is -0.497 e. The molecule has 0 unspecified atom stereocenters. The molecular formula is C15H17N5O4. The molecule has 24 heavy (non-hydrogen) atoms. The molecule has 0 saturated carbocycles. The number of urea groups is 1. The van der Waals surface area contributed by atoms with Gasteiger partial charge in [-0.3, -0.25) is 14.9 Å². The largest absolute Gasteiger partial charge is 0.497 e. The number of fused-ring (bicyclic) bond motifs is 1. The molecule has 9 heteroatoms. The van der Waals surface area contributed by atoms with Gasteiger partial charge in [0.15, 0.2) is 0 Å². The molecule has 0 aliphatic carbocycles. The second-order valence-electron chi connectivity index (χ2n) is 5.40. The van der Waals surface area contributed by atoms with E-state index < -0.39 is 18.0 Å². The van der Waals surface area contributed by atoms with Crippen LogP contribution in [0.3, 0.4) is 0 Å². The molecule has 1 aliphatic rings. The molecule has 4 N–H and O–H groups in total. The first-order chi connectivity index (χ1) is 11.5. The number of aromatic nitrogens is 2. The van der Waals surface area contributed by atoms with Gasteiger partial charge in [0.25, 0.3) is 5.91 Å². The Labute approximate surface area is 137 Å². The van der Waals surface area contributed by atoms with Crippen LogP contribution in [0.15, 0.2) is 18.2 Å².